The lowest BCUT2D eigenvalue weighted by Gasteiger charge is -2.31. The first-order valence-corrected chi connectivity index (χ1v) is 19.6. The van der Waals surface area contributed by atoms with Gasteiger partial charge in [-0.2, -0.15) is 5.26 Å². The fourth-order valence-corrected chi connectivity index (χ4v) is 8.69. The van der Waals surface area contributed by atoms with E-state index in [9.17, 15) is 5.26 Å². The molecule has 1 aliphatic heterocycles. The Balaban J connectivity index is 1.37. The van der Waals surface area contributed by atoms with E-state index in [1.807, 2.05) is 109 Å². The molecule has 0 spiro atoms. The second kappa shape index (κ2) is 14.1. The van der Waals surface area contributed by atoms with Gasteiger partial charge in [0.25, 0.3) is 0 Å². The largest absolute Gasteiger partial charge is 0.318 e. The molecule has 7 heteroatoms. The highest BCUT2D eigenvalue weighted by atomic mass is 15.2. The summed E-state index contributed by atoms with van der Waals surface area (Å²) in [5.41, 5.74) is 11.6. The number of para-hydroxylation sites is 4. The molecule has 3 heterocycles. The van der Waals surface area contributed by atoms with Gasteiger partial charge in [-0.15, -0.1) is 0 Å². The number of hydrogen-bond acceptors (Lipinski definition) is 5. The molecular formula is C53H31N7. The van der Waals surface area contributed by atoms with Crippen molar-refractivity contribution in [2.24, 2.45) is 0 Å². The van der Waals surface area contributed by atoms with Gasteiger partial charge in [0, 0.05) is 33.0 Å². The summed E-state index contributed by atoms with van der Waals surface area (Å²) in [5, 5.41) is 13.3. The Morgan fingerprint density at radius 1 is 0.467 bits per heavy atom. The van der Waals surface area contributed by atoms with E-state index in [0.29, 0.717) is 40.0 Å². The van der Waals surface area contributed by atoms with E-state index in [4.69, 9.17) is 21.5 Å². The molecule has 8 aromatic carbocycles. The number of benzene rings is 8. The van der Waals surface area contributed by atoms with Gasteiger partial charge in [-0.1, -0.05) is 158 Å². The zero-order chi connectivity index (χ0) is 40.2. The lowest BCUT2D eigenvalue weighted by Crippen LogP contribution is -2.15. The lowest BCUT2D eigenvalue weighted by atomic mass is 9.95. The van der Waals surface area contributed by atoms with E-state index in [0.717, 1.165) is 66.6 Å². The molecule has 11 rings (SSSR count). The number of nitrogens with zero attached hydrogens (tertiary/aromatic N) is 7. The van der Waals surface area contributed by atoms with E-state index in [1.54, 1.807) is 6.07 Å². The highest BCUT2D eigenvalue weighted by Gasteiger charge is 2.34. The molecule has 0 atom stereocenters. The standard InChI is InChI=1S/C53H31N7/c1-55-43-32-36(33-54)49(59-46-30-16-12-26-41(46)42-27-13-17-31-47(42)59)48(53-57-51(34-18-4-2-5-19-34)56-52(58-53)35-20-6-3-7-21-35)50(43)60-44-28-14-10-24-39(44)37-22-8-9-23-38(37)40-25-11-15-29-45(40)60/h2-32H. The number of rotatable bonds is 5. The third-order valence-corrected chi connectivity index (χ3v) is 11.2. The third-order valence-electron chi connectivity index (χ3n) is 11.2. The molecular weight excluding hydrogens is 735 g/mol. The first kappa shape index (κ1) is 34.6. The van der Waals surface area contributed by atoms with Crippen LogP contribution in [0.3, 0.4) is 0 Å². The van der Waals surface area contributed by atoms with E-state index in [1.165, 1.54) is 0 Å². The normalized spacial score (nSPS) is 11.6. The molecule has 0 unspecified atom stereocenters. The van der Waals surface area contributed by atoms with Crippen molar-refractivity contribution in [1.82, 2.24) is 19.5 Å². The number of anilines is 3. The molecule has 10 aromatic rings. The Hall–Kier alpha value is -8.65. The van der Waals surface area contributed by atoms with Crippen LogP contribution in [0, 0.1) is 17.9 Å². The minimum absolute atomic E-state index is 0.282. The maximum Gasteiger partial charge on any atom is 0.212 e. The SMILES string of the molecule is [C-]#[N+]c1cc(C#N)c(-n2c3ccccc3c3ccccc32)c(-c2nc(-c3ccccc3)nc(-c3ccccc3)n2)c1N1c2ccccc2-c2ccccc2-c2ccccc21. The molecule has 2 aromatic heterocycles. The molecule has 278 valence electrons. The summed E-state index contributed by atoms with van der Waals surface area (Å²) < 4.78 is 2.15. The van der Waals surface area contributed by atoms with Crippen LogP contribution in [0.15, 0.2) is 188 Å². The molecule has 7 nitrogen and oxygen atoms in total. The number of hydrogen-bond donors (Lipinski definition) is 0. The summed E-state index contributed by atoms with van der Waals surface area (Å²) in [6.45, 7) is 8.88. The van der Waals surface area contributed by atoms with Crippen LogP contribution >= 0.6 is 0 Å². The highest BCUT2D eigenvalue weighted by Crippen LogP contribution is 2.56. The molecule has 0 saturated heterocycles. The van der Waals surface area contributed by atoms with Crippen molar-refractivity contribution in [3.05, 3.63) is 205 Å². The molecule has 0 bridgehead atoms. The zero-order valence-corrected chi connectivity index (χ0v) is 32.0. The molecule has 0 aliphatic carbocycles. The summed E-state index contributed by atoms with van der Waals surface area (Å²) >= 11 is 0. The fraction of sp³-hybridized carbons (Fsp3) is 0. The van der Waals surface area contributed by atoms with Crippen LogP contribution in [0.25, 0.3) is 88.8 Å². The minimum Gasteiger partial charge on any atom is -0.318 e. The Morgan fingerprint density at radius 2 is 0.900 bits per heavy atom. The average Bonchev–Trinajstić information content (AvgIpc) is 3.59. The van der Waals surface area contributed by atoms with Gasteiger partial charge in [-0.05, 0) is 41.5 Å². The molecule has 0 amide bonds. The second-order valence-corrected chi connectivity index (χ2v) is 14.6. The summed E-state index contributed by atoms with van der Waals surface area (Å²) in [5.74, 6) is 1.26. The van der Waals surface area contributed by atoms with Crippen LogP contribution < -0.4 is 4.90 Å². The van der Waals surface area contributed by atoms with Crippen molar-refractivity contribution in [2.45, 2.75) is 0 Å². The Labute approximate surface area is 346 Å². The van der Waals surface area contributed by atoms with Crippen LogP contribution in [0.1, 0.15) is 5.56 Å². The highest BCUT2D eigenvalue weighted by molar-refractivity contribution is 6.12. The second-order valence-electron chi connectivity index (χ2n) is 14.6. The maximum absolute atomic E-state index is 11.3. The van der Waals surface area contributed by atoms with E-state index >= 15 is 0 Å². The average molecular weight is 766 g/mol. The van der Waals surface area contributed by atoms with Crippen molar-refractivity contribution >= 4 is 44.6 Å². The van der Waals surface area contributed by atoms with E-state index in [-0.39, 0.29) is 5.69 Å². The number of fused-ring (bicyclic) bond motifs is 8. The maximum atomic E-state index is 11.3. The molecule has 0 fully saturated rings. The smallest absolute Gasteiger partial charge is 0.212 e. The van der Waals surface area contributed by atoms with Crippen molar-refractivity contribution < 1.29 is 0 Å². The molecule has 0 saturated carbocycles. The van der Waals surface area contributed by atoms with Crippen LogP contribution in [0.4, 0.5) is 22.7 Å². The monoisotopic (exact) mass is 765 g/mol. The molecule has 0 N–H and O–H groups in total. The predicted octanol–water partition coefficient (Wildman–Crippen LogP) is 13.5. The summed E-state index contributed by atoms with van der Waals surface area (Å²) in [6, 6.07) is 65.5. The van der Waals surface area contributed by atoms with Gasteiger partial charge in [0.2, 0.25) is 5.69 Å². The van der Waals surface area contributed by atoms with Crippen molar-refractivity contribution in [3.63, 3.8) is 0 Å². The Kier molecular flexibility index (Phi) is 8.11. The van der Waals surface area contributed by atoms with Crippen LogP contribution in [0.5, 0.6) is 0 Å². The first-order valence-electron chi connectivity index (χ1n) is 19.6. The predicted molar refractivity (Wildman–Crippen MR) is 241 cm³/mol. The molecule has 1 aliphatic rings. The van der Waals surface area contributed by atoms with E-state index < -0.39 is 0 Å². The Bertz CT molecular complexity index is 3230. The van der Waals surface area contributed by atoms with Gasteiger partial charge < -0.3 is 9.47 Å². The van der Waals surface area contributed by atoms with Gasteiger partial charge in [-0.3, -0.25) is 0 Å². The van der Waals surface area contributed by atoms with Crippen molar-refractivity contribution in [1.29, 1.82) is 5.26 Å². The minimum atomic E-state index is 0.282. The molecule has 60 heavy (non-hydrogen) atoms. The van der Waals surface area contributed by atoms with Crippen molar-refractivity contribution in [2.75, 3.05) is 4.90 Å². The zero-order valence-electron chi connectivity index (χ0n) is 32.0. The van der Waals surface area contributed by atoms with Gasteiger partial charge in [0.1, 0.15) is 6.07 Å². The van der Waals surface area contributed by atoms with Gasteiger partial charge >= 0.3 is 0 Å². The van der Waals surface area contributed by atoms with Crippen LogP contribution in [-0.2, 0) is 0 Å². The van der Waals surface area contributed by atoms with E-state index in [2.05, 4.69) is 93.2 Å². The summed E-state index contributed by atoms with van der Waals surface area (Å²) in [6.07, 6.45) is 0. The quantitative estimate of drug-likeness (QED) is 0.163. The van der Waals surface area contributed by atoms with Crippen LogP contribution in [-0.4, -0.2) is 19.5 Å². The van der Waals surface area contributed by atoms with Gasteiger partial charge in [-0.25, -0.2) is 19.8 Å². The number of aromatic nitrogens is 4. The summed E-state index contributed by atoms with van der Waals surface area (Å²) in [4.78, 5) is 22.2. The first-order chi connectivity index (χ1) is 29.7. The van der Waals surface area contributed by atoms with Crippen LogP contribution in [0.2, 0.25) is 0 Å². The molecule has 0 radical (unpaired) electrons. The number of nitriles is 1. The summed E-state index contributed by atoms with van der Waals surface area (Å²) in [7, 11) is 0. The Morgan fingerprint density at radius 3 is 1.40 bits per heavy atom. The van der Waals surface area contributed by atoms with Gasteiger partial charge in [0.05, 0.1) is 51.5 Å². The lowest BCUT2D eigenvalue weighted by molar-refractivity contribution is 1.06. The topological polar surface area (TPSA) is 75.0 Å². The van der Waals surface area contributed by atoms with Crippen molar-refractivity contribution in [3.8, 4) is 68.2 Å². The fourth-order valence-electron chi connectivity index (χ4n) is 8.69. The third kappa shape index (κ3) is 5.39. The van der Waals surface area contributed by atoms with Gasteiger partial charge in [0.15, 0.2) is 17.5 Å².